The monoisotopic (exact) mass is 239 g/mol. The molecule has 0 spiro atoms. The Hall–Kier alpha value is -0.930. The van der Waals surface area contributed by atoms with Crippen LogP contribution in [0.15, 0.2) is 18.2 Å². The molecule has 78 valence electrons. The zero-order valence-electron chi connectivity index (χ0n) is 8.29. The molecule has 0 atom stereocenters. The van der Waals surface area contributed by atoms with Gasteiger partial charge in [-0.3, -0.25) is 9.69 Å². The van der Waals surface area contributed by atoms with Crippen molar-refractivity contribution >= 4 is 40.4 Å². The molecule has 4 heteroatoms. The highest BCUT2D eigenvalue weighted by Crippen LogP contribution is 2.31. The Kier molecular flexibility index (Phi) is 2.76. The number of hydrogen-bond donors (Lipinski definition) is 0. The Morgan fingerprint density at radius 3 is 2.67 bits per heavy atom. The second kappa shape index (κ2) is 3.91. The minimum Gasteiger partial charge on any atom is -0.274 e. The summed E-state index contributed by atoms with van der Waals surface area (Å²) in [5.74, 6) is 0.0331. The molecule has 15 heavy (non-hydrogen) atoms. The molecule has 2 nitrogen and oxygen atoms in total. The van der Waals surface area contributed by atoms with Gasteiger partial charge in [-0.25, -0.2) is 0 Å². The zero-order chi connectivity index (χ0) is 11.0. The maximum atomic E-state index is 11.6. The predicted molar refractivity (Wildman–Crippen MR) is 65.5 cm³/mol. The maximum absolute atomic E-state index is 11.6. The van der Waals surface area contributed by atoms with E-state index >= 15 is 0 Å². The standard InChI is InChI=1S/C11H10ClNOS/c1-7-2-3-9(8(12)6-7)13-10(14)4-5-11(13)15/h2-3,6H,4-5H2,1H3. The van der Waals surface area contributed by atoms with Crippen molar-refractivity contribution in [2.24, 2.45) is 0 Å². The second-order valence-electron chi connectivity index (χ2n) is 3.58. The Morgan fingerprint density at radius 1 is 1.40 bits per heavy atom. The highest BCUT2D eigenvalue weighted by atomic mass is 35.5. The van der Waals surface area contributed by atoms with Crippen LogP contribution in [0.1, 0.15) is 18.4 Å². The van der Waals surface area contributed by atoms with E-state index in [4.69, 9.17) is 23.8 Å². The van der Waals surface area contributed by atoms with E-state index in [0.717, 1.165) is 5.56 Å². The van der Waals surface area contributed by atoms with Crippen molar-refractivity contribution in [2.45, 2.75) is 19.8 Å². The molecule has 0 saturated carbocycles. The lowest BCUT2D eigenvalue weighted by atomic mass is 10.2. The van der Waals surface area contributed by atoms with Gasteiger partial charge in [0.15, 0.2) is 0 Å². The molecule has 0 aliphatic carbocycles. The molecule has 2 rings (SSSR count). The van der Waals surface area contributed by atoms with Crippen molar-refractivity contribution in [1.29, 1.82) is 0 Å². The first-order valence-electron chi connectivity index (χ1n) is 4.71. The Bertz CT molecular complexity index is 428. The number of thiocarbonyl (C=S) groups is 1. The smallest absolute Gasteiger partial charge is 0.232 e. The van der Waals surface area contributed by atoms with E-state index in [-0.39, 0.29) is 5.91 Å². The molecule has 1 aliphatic rings. The van der Waals surface area contributed by atoms with Gasteiger partial charge in [-0.05, 0) is 24.6 Å². The van der Waals surface area contributed by atoms with E-state index < -0.39 is 0 Å². The van der Waals surface area contributed by atoms with Crippen molar-refractivity contribution in [1.82, 2.24) is 0 Å². The summed E-state index contributed by atoms with van der Waals surface area (Å²) in [6.07, 6.45) is 1.14. The fourth-order valence-electron chi connectivity index (χ4n) is 1.64. The van der Waals surface area contributed by atoms with Crippen LogP contribution in [0, 0.1) is 6.92 Å². The van der Waals surface area contributed by atoms with Crippen LogP contribution < -0.4 is 4.90 Å². The minimum atomic E-state index is 0.0331. The Balaban J connectivity index is 2.45. The van der Waals surface area contributed by atoms with Crippen LogP contribution in [0.2, 0.25) is 5.02 Å². The summed E-state index contributed by atoms with van der Waals surface area (Å²) in [4.78, 5) is 13.8. The fourth-order valence-corrected chi connectivity index (χ4v) is 2.26. The summed E-state index contributed by atoms with van der Waals surface area (Å²) in [7, 11) is 0. The van der Waals surface area contributed by atoms with Crippen LogP contribution in [0.3, 0.4) is 0 Å². The maximum Gasteiger partial charge on any atom is 0.232 e. The molecular formula is C11H10ClNOS. The van der Waals surface area contributed by atoms with Crippen LogP contribution in [0.5, 0.6) is 0 Å². The molecule has 0 bridgehead atoms. The van der Waals surface area contributed by atoms with Crippen molar-refractivity contribution in [3.8, 4) is 0 Å². The first-order chi connectivity index (χ1) is 7.09. The SMILES string of the molecule is Cc1ccc(N2C(=O)CCC2=S)c(Cl)c1. The molecule has 1 heterocycles. The van der Waals surface area contributed by atoms with Gasteiger partial charge in [0.2, 0.25) is 5.91 Å². The first kappa shape index (κ1) is 10.6. The second-order valence-corrected chi connectivity index (χ2v) is 4.46. The Labute approximate surface area is 98.8 Å². The number of nitrogens with zero attached hydrogens (tertiary/aromatic N) is 1. The van der Waals surface area contributed by atoms with E-state index in [0.29, 0.717) is 28.5 Å². The van der Waals surface area contributed by atoms with Crippen molar-refractivity contribution in [2.75, 3.05) is 4.90 Å². The first-order valence-corrected chi connectivity index (χ1v) is 5.50. The summed E-state index contributed by atoms with van der Waals surface area (Å²) in [6.45, 7) is 1.96. The molecule has 0 N–H and O–H groups in total. The molecule has 1 amide bonds. The molecule has 0 aromatic heterocycles. The van der Waals surface area contributed by atoms with Gasteiger partial charge in [0.1, 0.15) is 0 Å². The summed E-state index contributed by atoms with van der Waals surface area (Å²) in [5, 5.41) is 0.576. The molecule has 0 unspecified atom stereocenters. The number of benzene rings is 1. The average Bonchev–Trinajstić information content (AvgIpc) is 2.48. The minimum absolute atomic E-state index is 0.0331. The number of amides is 1. The molecular weight excluding hydrogens is 230 g/mol. The van der Waals surface area contributed by atoms with E-state index in [1.165, 1.54) is 4.90 Å². The van der Waals surface area contributed by atoms with Gasteiger partial charge in [0, 0.05) is 12.8 Å². The van der Waals surface area contributed by atoms with Gasteiger partial charge in [-0.15, -0.1) is 0 Å². The van der Waals surface area contributed by atoms with Gasteiger partial charge in [0.25, 0.3) is 0 Å². The van der Waals surface area contributed by atoms with Crippen molar-refractivity contribution < 1.29 is 4.79 Å². The fraction of sp³-hybridized carbons (Fsp3) is 0.273. The number of aryl methyl sites for hydroxylation is 1. The molecule has 0 radical (unpaired) electrons. The molecule has 1 aromatic carbocycles. The zero-order valence-corrected chi connectivity index (χ0v) is 9.86. The third-order valence-electron chi connectivity index (χ3n) is 2.40. The normalized spacial score (nSPS) is 16.3. The number of carbonyl (C=O) groups is 1. The lowest BCUT2D eigenvalue weighted by Gasteiger charge is -2.17. The van der Waals surface area contributed by atoms with Gasteiger partial charge in [-0.2, -0.15) is 0 Å². The topological polar surface area (TPSA) is 20.3 Å². The third-order valence-corrected chi connectivity index (χ3v) is 3.09. The van der Waals surface area contributed by atoms with Gasteiger partial charge in [0.05, 0.1) is 15.7 Å². The van der Waals surface area contributed by atoms with Gasteiger partial charge < -0.3 is 0 Å². The summed E-state index contributed by atoms with van der Waals surface area (Å²) >= 11 is 11.2. The Morgan fingerprint density at radius 2 is 2.13 bits per heavy atom. The van der Waals surface area contributed by atoms with Crippen LogP contribution >= 0.6 is 23.8 Å². The molecule has 1 aromatic rings. The van der Waals surface area contributed by atoms with Crippen LogP contribution in [0.4, 0.5) is 5.69 Å². The van der Waals surface area contributed by atoms with Crippen LogP contribution in [0.25, 0.3) is 0 Å². The number of halogens is 1. The molecule has 1 aliphatic heterocycles. The van der Waals surface area contributed by atoms with E-state index in [2.05, 4.69) is 0 Å². The van der Waals surface area contributed by atoms with Crippen LogP contribution in [-0.4, -0.2) is 10.9 Å². The lowest BCUT2D eigenvalue weighted by Crippen LogP contribution is -2.27. The third kappa shape index (κ3) is 1.90. The van der Waals surface area contributed by atoms with E-state index in [9.17, 15) is 4.79 Å². The average molecular weight is 240 g/mol. The summed E-state index contributed by atoms with van der Waals surface area (Å²) in [5.41, 5.74) is 1.77. The number of hydrogen-bond acceptors (Lipinski definition) is 2. The molecule has 1 fully saturated rings. The van der Waals surface area contributed by atoms with Crippen molar-refractivity contribution in [3.63, 3.8) is 0 Å². The number of carbonyl (C=O) groups excluding carboxylic acids is 1. The van der Waals surface area contributed by atoms with Crippen LogP contribution in [-0.2, 0) is 4.79 Å². The largest absolute Gasteiger partial charge is 0.274 e. The predicted octanol–water partition coefficient (Wildman–Crippen LogP) is 3.10. The quantitative estimate of drug-likeness (QED) is 0.702. The number of anilines is 1. The highest BCUT2D eigenvalue weighted by molar-refractivity contribution is 7.80. The molecule has 1 saturated heterocycles. The van der Waals surface area contributed by atoms with E-state index in [1.54, 1.807) is 0 Å². The summed E-state index contributed by atoms with van der Waals surface area (Å²) in [6, 6.07) is 5.60. The van der Waals surface area contributed by atoms with Crippen molar-refractivity contribution in [3.05, 3.63) is 28.8 Å². The van der Waals surface area contributed by atoms with Gasteiger partial charge in [-0.1, -0.05) is 29.9 Å². The summed E-state index contributed by atoms with van der Waals surface area (Å²) < 4.78 is 0. The van der Waals surface area contributed by atoms with Gasteiger partial charge >= 0.3 is 0 Å². The number of rotatable bonds is 1. The highest BCUT2D eigenvalue weighted by Gasteiger charge is 2.28. The lowest BCUT2D eigenvalue weighted by molar-refractivity contribution is -0.116. The van der Waals surface area contributed by atoms with E-state index in [1.807, 2.05) is 25.1 Å².